The minimum atomic E-state index is -1.24. The number of nitrogens with zero attached hydrogens (tertiary/aromatic N) is 2. The third-order valence-electron chi connectivity index (χ3n) is 6.16. The van der Waals surface area contributed by atoms with Crippen LogP contribution in [0.1, 0.15) is 35.3 Å². The molecule has 11 heteroatoms. The second-order valence-electron chi connectivity index (χ2n) is 9.06. The number of likely N-dealkylation sites (N-methyl/N-ethyl adjacent to an activating group) is 1. The number of carbonyl (C=O) groups excluding carboxylic acids is 4. The smallest absolute Gasteiger partial charge is 0.323 e. The highest BCUT2D eigenvalue weighted by Gasteiger charge is 2.31. The Bertz CT molecular complexity index is 1450. The topological polar surface area (TPSA) is 148 Å². The number of nitrogens with one attached hydrogen (secondary N) is 3. The van der Waals surface area contributed by atoms with Gasteiger partial charge in [0.2, 0.25) is 11.8 Å². The van der Waals surface area contributed by atoms with Gasteiger partial charge in [-0.25, -0.2) is 4.79 Å². The molecule has 0 spiro atoms. The molecule has 0 aliphatic carbocycles. The monoisotopic (exact) mass is 559 g/mol. The molecule has 0 saturated carbocycles. The Morgan fingerprint density at radius 3 is 2.20 bits per heavy atom. The van der Waals surface area contributed by atoms with E-state index in [1.165, 1.54) is 24.1 Å². The van der Waals surface area contributed by atoms with Crippen LogP contribution in [-0.2, 0) is 20.8 Å². The molecule has 11 nitrogen and oxygen atoms in total. The van der Waals surface area contributed by atoms with Gasteiger partial charge in [-0.15, -0.1) is 0 Å². The lowest BCUT2D eigenvalue weighted by Crippen LogP contribution is -2.40. The number of carboxylic acids is 1. The zero-order chi connectivity index (χ0) is 30.1. The van der Waals surface area contributed by atoms with Crippen molar-refractivity contribution in [2.24, 2.45) is 0 Å². The maximum Gasteiger partial charge on any atom is 0.323 e. The van der Waals surface area contributed by atoms with Crippen molar-refractivity contribution in [3.8, 4) is 0 Å². The highest BCUT2D eigenvalue weighted by Crippen LogP contribution is 2.28. The number of benzene rings is 3. The van der Waals surface area contributed by atoms with E-state index < -0.39 is 24.3 Å². The molecule has 3 aromatic carbocycles. The molecule has 0 aromatic heterocycles. The molecular weight excluding hydrogens is 526 g/mol. The third kappa shape index (κ3) is 7.91. The van der Waals surface area contributed by atoms with Gasteiger partial charge in [0.05, 0.1) is 17.7 Å². The number of fused-ring (bicyclic) bond motifs is 1. The van der Waals surface area contributed by atoms with Crippen LogP contribution < -0.4 is 20.9 Å². The van der Waals surface area contributed by atoms with E-state index in [2.05, 4.69) is 16.0 Å². The Kier molecular flexibility index (Phi) is 10.2. The summed E-state index contributed by atoms with van der Waals surface area (Å²) in [5, 5.41) is 17.4. The van der Waals surface area contributed by atoms with E-state index in [0.29, 0.717) is 28.3 Å². The van der Waals surface area contributed by atoms with Crippen molar-refractivity contribution < 1.29 is 29.1 Å². The lowest BCUT2D eigenvalue weighted by molar-refractivity contribution is -0.138. The largest absolute Gasteiger partial charge is 0.480 e. The normalized spacial score (nSPS) is 12.4. The molecule has 0 fully saturated rings. The molecule has 1 heterocycles. The highest BCUT2D eigenvalue weighted by atomic mass is 16.4. The van der Waals surface area contributed by atoms with Crippen LogP contribution in [0.25, 0.3) is 0 Å². The van der Waals surface area contributed by atoms with E-state index in [1.54, 1.807) is 36.4 Å². The first-order chi connectivity index (χ1) is 19.6. The van der Waals surface area contributed by atoms with Crippen LogP contribution in [0.3, 0.4) is 0 Å². The van der Waals surface area contributed by atoms with E-state index >= 15 is 0 Å². The molecule has 0 saturated heterocycles. The third-order valence-corrected chi connectivity index (χ3v) is 6.16. The summed E-state index contributed by atoms with van der Waals surface area (Å²) in [6.45, 7) is 4.91. The average Bonchev–Trinajstić information content (AvgIpc) is 3.02. The van der Waals surface area contributed by atoms with Crippen molar-refractivity contribution >= 4 is 52.5 Å². The predicted molar refractivity (Wildman–Crippen MR) is 157 cm³/mol. The first kappa shape index (κ1) is 30.4. The molecule has 4 rings (SSSR count). The second kappa shape index (κ2) is 13.7. The van der Waals surface area contributed by atoms with Crippen LogP contribution in [0.4, 0.5) is 27.5 Å². The Labute approximate surface area is 238 Å². The van der Waals surface area contributed by atoms with Crippen molar-refractivity contribution in [2.75, 3.05) is 41.0 Å². The zero-order valence-electron chi connectivity index (χ0n) is 23.4. The van der Waals surface area contributed by atoms with Crippen LogP contribution in [0.5, 0.6) is 0 Å². The van der Waals surface area contributed by atoms with E-state index in [9.17, 15) is 24.0 Å². The predicted octanol–water partition coefficient (Wildman–Crippen LogP) is 4.35. The maximum atomic E-state index is 13.0. The van der Waals surface area contributed by atoms with Gasteiger partial charge in [0.1, 0.15) is 13.1 Å². The van der Waals surface area contributed by atoms with E-state index in [1.807, 2.05) is 39.0 Å². The van der Waals surface area contributed by atoms with Crippen LogP contribution in [0.15, 0.2) is 66.7 Å². The fourth-order valence-electron chi connectivity index (χ4n) is 4.11. The van der Waals surface area contributed by atoms with Gasteiger partial charge in [0.25, 0.3) is 5.91 Å². The molecule has 0 unspecified atom stereocenters. The van der Waals surface area contributed by atoms with Crippen LogP contribution in [-0.4, -0.2) is 59.9 Å². The number of carbonyl (C=O) groups is 5. The van der Waals surface area contributed by atoms with Gasteiger partial charge in [0.15, 0.2) is 0 Å². The average molecular weight is 560 g/mol. The van der Waals surface area contributed by atoms with Gasteiger partial charge in [0, 0.05) is 24.1 Å². The van der Waals surface area contributed by atoms with Gasteiger partial charge >= 0.3 is 12.0 Å². The quantitative estimate of drug-likeness (QED) is 0.338. The number of carboxylic acid groups (broad SMARTS) is 1. The molecule has 4 N–H and O–H groups in total. The van der Waals surface area contributed by atoms with Crippen LogP contribution in [0.2, 0.25) is 0 Å². The van der Waals surface area contributed by atoms with Gasteiger partial charge in [-0.05, 0) is 54.4 Å². The summed E-state index contributed by atoms with van der Waals surface area (Å²) in [6.07, 6.45) is 0.0320. The molecular formula is C30H33N5O6. The lowest BCUT2D eigenvalue weighted by atomic mass is 10.1. The second-order valence-corrected chi connectivity index (χ2v) is 9.06. The molecule has 214 valence electrons. The fourth-order valence-corrected chi connectivity index (χ4v) is 4.11. The fraction of sp³-hybridized carbons (Fsp3) is 0.233. The standard InChI is InChI=1S/C28H27N5O6.C2H6/c1-17-5-3-4-6-22(17)31-28(39)30-19-9-7-18(8-10-19)13-24(34)29-20-11-12-23-21(14-20)27(38)33(16-26(36)37)15-25(35)32(23)2;1-2/h3-12,14H,13,15-16H2,1-2H3,(H,29,34)(H,36,37)(H2,30,31,39);1-2H3. The number of amides is 5. The number of aryl methyl sites for hydroxylation is 1. The Morgan fingerprint density at radius 2 is 1.54 bits per heavy atom. The van der Waals surface area contributed by atoms with E-state index in [4.69, 9.17) is 5.11 Å². The molecule has 41 heavy (non-hydrogen) atoms. The van der Waals surface area contributed by atoms with Crippen LogP contribution in [0, 0.1) is 6.92 Å². The first-order valence-electron chi connectivity index (χ1n) is 13.0. The summed E-state index contributed by atoms with van der Waals surface area (Å²) in [6, 6.07) is 18.4. The summed E-state index contributed by atoms with van der Waals surface area (Å²) >= 11 is 0. The van der Waals surface area contributed by atoms with Gasteiger partial charge < -0.3 is 30.9 Å². The Hall–Kier alpha value is -5.19. The number of para-hydroxylation sites is 1. The molecule has 3 aromatic rings. The summed E-state index contributed by atoms with van der Waals surface area (Å²) in [4.78, 5) is 63.8. The summed E-state index contributed by atoms with van der Waals surface area (Å²) in [5.74, 6) is -2.62. The number of urea groups is 1. The maximum absolute atomic E-state index is 13.0. The first-order valence-corrected chi connectivity index (χ1v) is 13.0. The number of rotatable bonds is 7. The minimum Gasteiger partial charge on any atom is -0.480 e. The van der Waals surface area contributed by atoms with Gasteiger partial charge in [-0.2, -0.15) is 0 Å². The van der Waals surface area contributed by atoms with E-state index in [0.717, 1.165) is 10.5 Å². The van der Waals surface area contributed by atoms with Crippen molar-refractivity contribution in [2.45, 2.75) is 27.2 Å². The number of anilines is 4. The van der Waals surface area contributed by atoms with Gasteiger partial charge in [-0.3, -0.25) is 19.2 Å². The minimum absolute atomic E-state index is 0.0320. The molecule has 0 radical (unpaired) electrons. The highest BCUT2D eigenvalue weighted by molar-refractivity contribution is 6.11. The lowest BCUT2D eigenvalue weighted by Gasteiger charge is -2.17. The van der Waals surface area contributed by atoms with E-state index in [-0.39, 0.29) is 30.5 Å². The molecule has 1 aliphatic heterocycles. The summed E-state index contributed by atoms with van der Waals surface area (Å²) in [5.41, 5.74) is 3.66. The SMILES string of the molecule is CC.Cc1ccccc1NC(=O)Nc1ccc(CC(=O)Nc2ccc3c(c2)C(=O)N(CC(=O)O)CC(=O)N3C)cc1. The van der Waals surface area contributed by atoms with Crippen molar-refractivity contribution in [1.82, 2.24) is 4.90 Å². The summed E-state index contributed by atoms with van der Waals surface area (Å²) in [7, 11) is 1.50. The number of aliphatic carboxylic acids is 1. The van der Waals surface area contributed by atoms with Crippen molar-refractivity contribution in [3.05, 3.63) is 83.4 Å². The van der Waals surface area contributed by atoms with Gasteiger partial charge in [-0.1, -0.05) is 44.2 Å². The Morgan fingerprint density at radius 1 is 0.878 bits per heavy atom. The van der Waals surface area contributed by atoms with Crippen molar-refractivity contribution in [3.63, 3.8) is 0 Å². The molecule has 1 aliphatic rings. The number of hydrogen-bond acceptors (Lipinski definition) is 5. The molecule has 5 amide bonds. The number of hydrogen-bond donors (Lipinski definition) is 4. The summed E-state index contributed by atoms with van der Waals surface area (Å²) < 4.78 is 0. The molecule has 0 bridgehead atoms. The van der Waals surface area contributed by atoms with Crippen molar-refractivity contribution in [1.29, 1.82) is 0 Å². The Balaban J connectivity index is 0.00000226. The van der Waals surface area contributed by atoms with Crippen LogP contribution >= 0.6 is 0 Å². The zero-order valence-corrected chi connectivity index (χ0v) is 23.4. The molecule has 0 atom stereocenters.